The van der Waals surface area contributed by atoms with Gasteiger partial charge in [-0.2, -0.15) is 5.26 Å². The summed E-state index contributed by atoms with van der Waals surface area (Å²) in [6.45, 7) is 0.560. The molecule has 0 saturated carbocycles. The van der Waals surface area contributed by atoms with E-state index in [1.807, 2.05) is 36.4 Å². The van der Waals surface area contributed by atoms with Gasteiger partial charge in [-0.15, -0.1) is 0 Å². The molecule has 3 rings (SSSR count). The first-order chi connectivity index (χ1) is 10.4. The molecule has 1 N–H and O–H groups in total. The van der Waals surface area contributed by atoms with Crippen molar-refractivity contribution in [3.05, 3.63) is 48.8 Å². The van der Waals surface area contributed by atoms with E-state index in [0.29, 0.717) is 18.8 Å². The first-order valence-corrected chi connectivity index (χ1v) is 6.66. The summed E-state index contributed by atoms with van der Waals surface area (Å²) in [7, 11) is 0. The lowest BCUT2D eigenvalue weighted by molar-refractivity contribution is 1.05. The highest BCUT2D eigenvalue weighted by Gasteiger charge is 2.08. The summed E-state index contributed by atoms with van der Waals surface area (Å²) >= 11 is 0. The van der Waals surface area contributed by atoms with Crippen LogP contribution in [0.3, 0.4) is 0 Å². The molecule has 0 aliphatic carbocycles. The first kappa shape index (κ1) is 13.0. The maximum absolute atomic E-state index is 8.66. The fourth-order valence-corrected chi connectivity index (χ4v) is 2.07. The number of fused-ring (bicyclic) bond motifs is 1. The molecule has 0 aliphatic heterocycles. The van der Waals surface area contributed by atoms with Gasteiger partial charge in [-0.25, -0.2) is 9.97 Å². The van der Waals surface area contributed by atoms with Crippen molar-refractivity contribution in [3.8, 4) is 17.5 Å². The van der Waals surface area contributed by atoms with Crippen molar-refractivity contribution in [1.82, 2.24) is 15.0 Å². The van der Waals surface area contributed by atoms with Crippen LogP contribution in [0.4, 0.5) is 5.82 Å². The number of aromatic nitrogens is 3. The van der Waals surface area contributed by atoms with Gasteiger partial charge in [-0.3, -0.25) is 4.98 Å². The van der Waals surface area contributed by atoms with E-state index in [0.717, 1.165) is 22.3 Å². The number of nitriles is 1. The van der Waals surface area contributed by atoms with Crippen LogP contribution in [0, 0.1) is 11.3 Å². The lowest BCUT2D eigenvalue weighted by atomic mass is 10.2. The smallest absolute Gasteiger partial charge is 0.163 e. The van der Waals surface area contributed by atoms with Gasteiger partial charge < -0.3 is 5.32 Å². The fourth-order valence-electron chi connectivity index (χ4n) is 2.07. The molecule has 21 heavy (non-hydrogen) atoms. The molecular formula is C16H13N5. The van der Waals surface area contributed by atoms with Crippen molar-refractivity contribution in [1.29, 1.82) is 5.26 Å². The third kappa shape index (κ3) is 2.79. The molecule has 0 spiro atoms. The molecule has 0 aliphatic rings. The van der Waals surface area contributed by atoms with Crippen LogP contribution in [0.25, 0.3) is 22.3 Å². The van der Waals surface area contributed by atoms with Crippen LogP contribution in [0.5, 0.6) is 0 Å². The van der Waals surface area contributed by atoms with E-state index in [4.69, 9.17) is 5.26 Å². The lowest BCUT2D eigenvalue weighted by Crippen LogP contribution is -2.05. The van der Waals surface area contributed by atoms with E-state index >= 15 is 0 Å². The average Bonchev–Trinajstić information content (AvgIpc) is 2.55. The largest absolute Gasteiger partial charge is 0.368 e. The number of pyridine rings is 1. The topological polar surface area (TPSA) is 74.5 Å². The van der Waals surface area contributed by atoms with Crippen molar-refractivity contribution in [2.45, 2.75) is 6.42 Å². The van der Waals surface area contributed by atoms with Crippen LogP contribution in [0.15, 0.2) is 48.8 Å². The van der Waals surface area contributed by atoms with Gasteiger partial charge in [0.2, 0.25) is 0 Å². The zero-order valence-corrected chi connectivity index (χ0v) is 11.3. The second-order valence-electron chi connectivity index (χ2n) is 4.49. The SMILES string of the molecule is N#CCCNc1nc(-c2cccnc2)nc2ccccc12. The molecule has 0 amide bonds. The van der Waals surface area contributed by atoms with Gasteiger partial charge in [0.05, 0.1) is 18.0 Å². The van der Waals surface area contributed by atoms with Crippen LogP contribution >= 0.6 is 0 Å². The third-order valence-electron chi connectivity index (χ3n) is 3.05. The summed E-state index contributed by atoms with van der Waals surface area (Å²) in [5.41, 5.74) is 1.73. The Balaban J connectivity index is 2.09. The van der Waals surface area contributed by atoms with Crippen LogP contribution < -0.4 is 5.32 Å². The molecular weight excluding hydrogens is 262 g/mol. The Bertz CT molecular complexity index is 793. The number of hydrogen-bond donors (Lipinski definition) is 1. The van der Waals surface area contributed by atoms with Gasteiger partial charge >= 0.3 is 0 Å². The van der Waals surface area contributed by atoms with Gasteiger partial charge in [-0.1, -0.05) is 12.1 Å². The number of rotatable bonds is 4. The van der Waals surface area contributed by atoms with Gasteiger partial charge in [0.15, 0.2) is 5.82 Å². The van der Waals surface area contributed by atoms with Gasteiger partial charge in [0, 0.05) is 29.9 Å². The number of nitrogens with zero attached hydrogens (tertiary/aromatic N) is 4. The van der Waals surface area contributed by atoms with Gasteiger partial charge in [-0.05, 0) is 24.3 Å². The molecule has 0 radical (unpaired) electrons. The molecule has 0 fully saturated rings. The van der Waals surface area contributed by atoms with E-state index in [9.17, 15) is 0 Å². The highest BCUT2D eigenvalue weighted by atomic mass is 15.0. The molecule has 0 saturated heterocycles. The minimum atomic E-state index is 0.431. The number of anilines is 1. The summed E-state index contributed by atoms with van der Waals surface area (Å²) in [4.78, 5) is 13.3. The van der Waals surface area contributed by atoms with Gasteiger partial charge in [0.25, 0.3) is 0 Å². The van der Waals surface area contributed by atoms with Crippen molar-refractivity contribution in [3.63, 3.8) is 0 Å². The predicted octanol–water partition coefficient (Wildman–Crippen LogP) is 3.02. The minimum Gasteiger partial charge on any atom is -0.368 e. The van der Waals surface area contributed by atoms with Gasteiger partial charge in [0.1, 0.15) is 5.82 Å². The number of nitrogens with one attached hydrogen (secondary N) is 1. The third-order valence-corrected chi connectivity index (χ3v) is 3.05. The highest BCUT2D eigenvalue weighted by molar-refractivity contribution is 5.90. The lowest BCUT2D eigenvalue weighted by Gasteiger charge is -2.09. The zero-order valence-electron chi connectivity index (χ0n) is 11.3. The molecule has 0 unspecified atom stereocenters. The maximum atomic E-state index is 8.66. The van der Waals surface area contributed by atoms with Crippen molar-refractivity contribution in [2.24, 2.45) is 0 Å². The van der Waals surface area contributed by atoms with Crippen LogP contribution in [0.2, 0.25) is 0 Å². The average molecular weight is 275 g/mol. The van der Waals surface area contributed by atoms with Crippen LogP contribution in [-0.4, -0.2) is 21.5 Å². The molecule has 102 valence electrons. The van der Waals surface area contributed by atoms with E-state index in [-0.39, 0.29) is 0 Å². The van der Waals surface area contributed by atoms with Crippen LogP contribution in [0.1, 0.15) is 6.42 Å². The maximum Gasteiger partial charge on any atom is 0.163 e. The Hall–Kier alpha value is -3.00. The summed E-state index contributed by atoms with van der Waals surface area (Å²) in [6.07, 6.45) is 3.89. The number of hydrogen-bond acceptors (Lipinski definition) is 5. The Kier molecular flexibility index (Phi) is 3.70. The van der Waals surface area contributed by atoms with Crippen LogP contribution in [-0.2, 0) is 0 Å². The van der Waals surface area contributed by atoms with E-state index in [1.54, 1.807) is 12.4 Å². The molecule has 5 nitrogen and oxygen atoms in total. The predicted molar refractivity (Wildman–Crippen MR) is 81.5 cm³/mol. The molecule has 3 aromatic rings. The zero-order chi connectivity index (χ0) is 14.5. The summed E-state index contributed by atoms with van der Waals surface area (Å²) in [6, 6.07) is 13.7. The second-order valence-corrected chi connectivity index (χ2v) is 4.49. The quantitative estimate of drug-likeness (QED) is 0.741. The molecule has 1 aromatic carbocycles. The molecule has 2 heterocycles. The molecule has 5 heteroatoms. The van der Waals surface area contributed by atoms with E-state index in [1.165, 1.54) is 0 Å². The van der Waals surface area contributed by atoms with E-state index < -0.39 is 0 Å². The van der Waals surface area contributed by atoms with Crippen molar-refractivity contribution in [2.75, 3.05) is 11.9 Å². The minimum absolute atomic E-state index is 0.431. The standard InChI is InChI=1S/C16H13N5/c17-8-4-10-19-16-13-6-1-2-7-14(13)20-15(21-16)12-5-3-9-18-11-12/h1-3,5-7,9,11H,4,10H2,(H,19,20,21). The first-order valence-electron chi connectivity index (χ1n) is 6.66. The van der Waals surface area contributed by atoms with Crippen molar-refractivity contribution < 1.29 is 0 Å². The Morgan fingerprint density at radius 2 is 2.00 bits per heavy atom. The Morgan fingerprint density at radius 1 is 1.10 bits per heavy atom. The monoisotopic (exact) mass is 275 g/mol. The Labute approximate surface area is 122 Å². The summed E-state index contributed by atoms with van der Waals surface area (Å²) in [5.74, 6) is 1.37. The van der Waals surface area contributed by atoms with Crippen molar-refractivity contribution >= 4 is 16.7 Å². The summed E-state index contributed by atoms with van der Waals surface area (Å²) < 4.78 is 0. The Morgan fingerprint density at radius 3 is 2.81 bits per heavy atom. The summed E-state index contributed by atoms with van der Waals surface area (Å²) in [5, 5.41) is 12.8. The number of para-hydroxylation sites is 1. The number of benzene rings is 1. The highest BCUT2D eigenvalue weighted by Crippen LogP contribution is 2.24. The molecule has 2 aromatic heterocycles. The normalized spacial score (nSPS) is 10.2. The molecule has 0 bridgehead atoms. The fraction of sp³-hybridized carbons (Fsp3) is 0.125. The molecule has 0 atom stereocenters. The second kappa shape index (κ2) is 5.97. The van der Waals surface area contributed by atoms with E-state index in [2.05, 4.69) is 26.3 Å².